The first-order valence-corrected chi connectivity index (χ1v) is 6.24. The van der Waals surface area contributed by atoms with Crippen molar-refractivity contribution in [1.82, 2.24) is 10.3 Å². The minimum absolute atomic E-state index is 0.0709. The fourth-order valence-corrected chi connectivity index (χ4v) is 2.39. The number of H-pyrrole nitrogens is 1. The van der Waals surface area contributed by atoms with Crippen LogP contribution in [0.1, 0.15) is 51.4 Å². The normalized spacial score (nSPS) is 12.3. The molecule has 0 saturated heterocycles. The number of rotatable bonds is 3. The Balaban J connectivity index is 2.87. The lowest BCUT2D eigenvalue weighted by atomic mass is 9.81. The zero-order valence-electron chi connectivity index (χ0n) is 12.1. The zero-order valence-corrected chi connectivity index (χ0v) is 12.1. The lowest BCUT2D eigenvalue weighted by Crippen LogP contribution is -2.45. The van der Waals surface area contributed by atoms with Crippen molar-refractivity contribution in [3.63, 3.8) is 0 Å². The highest BCUT2D eigenvalue weighted by atomic mass is 16.3. The molecule has 106 valence electrons. The molecule has 1 rings (SSSR count). The van der Waals surface area contributed by atoms with Crippen LogP contribution in [0.15, 0.2) is 17.1 Å². The Morgan fingerprint density at radius 2 is 1.89 bits per heavy atom. The van der Waals surface area contributed by atoms with E-state index in [1.54, 1.807) is 0 Å². The number of pyridine rings is 1. The highest BCUT2D eigenvalue weighted by Gasteiger charge is 2.28. The van der Waals surface area contributed by atoms with Crippen LogP contribution in [-0.4, -0.2) is 21.5 Å². The maximum absolute atomic E-state index is 12.1. The van der Waals surface area contributed by atoms with Crippen molar-refractivity contribution in [3.8, 4) is 5.75 Å². The van der Waals surface area contributed by atoms with Crippen molar-refractivity contribution < 1.29 is 9.90 Å². The van der Waals surface area contributed by atoms with Crippen molar-refractivity contribution in [3.05, 3.63) is 28.2 Å². The van der Waals surface area contributed by atoms with Crippen molar-refractivity contribution in [2.45, 2.75) is 46.6 Å². The molecule has 0 fully saturated rings. The van der Waals surface area contributed by atoms with Crippen LogP contribution in [0.25, 0.3) is 0 Å². The molecule has 5 nitrogen and oxygen atoms in total. The molecule has 0 aliphatic carbocycles. The van der Waals surface area contributed by atoms with Gasteiger partial charge in [0.05, 0.1) is 5.56 Å². The predicted octanol–water partition coefficient (Wildman–Crippen LogP) is 2.03. The summed E-state index contributed by atoms with van der Waals surface area (Å²) in [4.78, 5) is 25.5. The first-order chi connectivity index (χ1) is 8.50. The van der Waals surface area contributed by atoms with Gasteiger partial charge in [0, 0.05) is 17.8 Å². The molecule has 1 heterocycles. The molecule has 5 heteroatoms. The Morgan fingerprint density at radius 3 is 2.37 bits per heavy atom. The van der Waals surface area contributed by atoms with E-state index in [4.69, 9.17) is 0 Å². The molecule has 0 atom stereocenters. The van der Waals surface area contributed by atoms with Crippen molar-refractivity contribution in [1.29, 1.82) is 0 Å². The molecule has 1 amide bonds. The monoisotopic (exact) mass is 266 g/mol. The molecular formula is C14H22N2O3. The van der Waals surface area contributed by atoms with Gasteiger partial charge in [-0.25, -0.2) is 0 Å². The average Bonchev–Trinajstić information content (AvgIpc) is 2.11. The third-order valence-electron chi connectivity index (χ3n) is 2.57. The summed E-state index contributed by atoms with van der Waals surface area (Å²) < 4.78 is 0. The molecule has 1 aromatic heterocycles. The van der Waals surface area contributed by atoms with Gasteiger partial charge in [-0.2, -0.15) is 0 Å². The number of amides is 1. The summed E-state index contributed by atoms with van der Waals surface area (Å²) in [6.45, 7) is 10.1. The van der Waals surface area contributed by atoms with E-state index < -0.39 is 17.0 Å². The number of carbonyl (C=O) groups excluding carboxylic acids is 1. The van der Waals surface area contributed by atoms with Crippen LogP contribution in [-0.2, 0) is 0 Å². The van der Waals surface area contributed by atoms with Crippen molar-refractivity contribution in [2.75, 3.05) is 0 Å². The smallest absolute Gasteiger partial charge is 0.256 e. The summed E-state index contributed by atoms with van der Waals surface area (Å²) in [6, 6.07) is 0.992. The fourth-order valence-electron chi connectivity index (χ4n) is 2.39. The molecule has 19 heavy (non-hydrogen) atoms. The number of hydrogen-bond acceptors (Lipinski definition) is 3. The second-order valence-electron chi connectivity index (χ2n) is 6.67. The molecule has 0 bridgehead atoms. The molecule has 0 aliphatic heterocycles. The number of nitrogens with one attached hydrogen (secondary N) is 2. The first kappa shape index (κ1) is 15.3. The maximum atomic E-state index is 12.1. The summed E-state index contributed by atoms with van der Waals surface area (Å²) in [6.07, 6.45) is 2.01. The van der Waals surface area contributed by atoms with E-state index >= 15 is 0 Å². The molecule has 0 aliphatic rings. The minimum atomic E-state index is -0.442. The van der Waals surface area contributed by atoms with Crippen LogP contribution in [0.3, 0.4) is 0 Å². The van der Waals surface area contributed by atoms with E-state index in [-0.39, 0.29) is 16.7 Å². The molecule has 1 aromatic rings. The summed E-state index contributed by atoms with van der Waals surface area (Å²) in [5.41, 5.74) is -0.702. The largest absolute Gasteiger partial charge is 0.507 e. The van der Waals surface area contributed by atoms with Gasteiger partial charge in [-0.15, -0.1) is 0 Å². The van der Waals surface area contributed by atoms with E-state index in [0.29, 0.717) is 0 Å². The van der Waals surface area contributed by atoms with Crippen LogP contribution < -0.4 is 10.9 Å². The van der Waals surface area contributed by atoms with Gasteiger partial charge in [-0.05, 0) is 25.7 Å². The summed E-state index contributed by atoms with van der Waals surface area (Å²) in [5.74, 6) is -0.712. The van der Waals surface area contributed by atoms with E-state index in [0.717, 1.165) is 12.5 Å². The molecule has 0 radical (unpaired) electrons. The SMILES string of the molecule is CC(C)(C)CC(C)(C)NC(=O)c1c[nH]c(=O)cc1O. The molecule has 0 aromatic carbocycles. The van der Waals surface area contributed by atoms with E-state index in [1.807, 2.05) is 13.8 Å². The maximum Gasteiger partial charge on any atom is 0.256 e. The van der Waals surface area contributed by atoms with Gasteiger partial charge in [-0.3, -0.25) is 9.59 Å². The van der Waals surface area contributed by atoms with E-state index in [2.05, 4.69) is 31.1 Å². The highest BCUT2D eigenvalue weighted by Crippen LogP contribution is 2.27. The molecule has 0 saturated carbocycles. The third kappa shape index (κ3) is 4.77. The van der Waals surface area contributed by atoms with E-state index in [1.165, 1.54) is 6.20 Å². The lowest BCUT2D eigenvalue weighted by Gasteiger charge is -2.33. The van der Waals surface area contributed by atoms with Crippen LogP contribution in [0.5, 0.6) is 5.75 Å². The molecule has 0 spiro atoms. The highest BCUT2D eigenvalue weighted by molar-refractivity contribution is 5.96. The number of aromatic amines is 1. The summed E-state index contributed by atoms with van der Waals surface area (Å²) in [5, 5.41) is 12.5. The van der Waals surface area contributed by atoms with Gasteiger partial charge in [-0.1, -0.05) is 20.8 Å². The van der Waals surface area contributed by atoms with Crippen LogP contribution in [0, 0.1) is 5.41 Å². The number of aromatic hydroxyl groups is 1. The average molecular weight is 266 g/mol. The number of aromatic nitrogens is 1. The third-order valence-corrected chi connectivity index (χ3v) is 2.57. The Hall–Kier alpha value is -1.78. The first-order valence-electron chi connectivity index (χ1n) is 6.24. The van der Waals surface area contributed by atoms with Gasteiger partial charge < -0.3 is 15.4 Å². The number of carbonyl (C=O) groups is 1. The van der Waals surface area contributed by atoms with Crippen LogP contribution in [0.2, 0.25) is 0 Å². The molecule has 3 N–H and O–H groups in total. The lowest BCUT2D eigenvalue weighted by molar-refractivity contribution is 0.0888. The predicted molar refractivity (Wildman–Crippen MR) is 74.3 cm³/mol. The Labute approximate surface area is 113 Å². The van der Waals surface area contributed by atoms with E-state index in [9.17, 15) is 14.7 Å². The number of hydrogen-bond donors (Lipinski definition) is 3. The second kappa shape index (κ2) is 5.07. The fraction of sp³-hybridized carbons (Fsp3) is 0.571. The topological polar surface area (TPSA) is 82.2 Å². The second-order valence-corrected chi connectivity index (χ2v) is 6.67. The minimum Gasteiger partial charge on any atom is -0.507 e. The van der Waals surface area contributed by atoms with Gasteiger partial charge in [0.25, 0.3) is 11.5 Å². The Kier molecular flexibility index (Phi) is 4.08. The zero-order chi connectivity index (χ0) is 14.8. The van der Waals surface area contributed by atoms with Gasteiger partial charge in [0.15, 0.2) is 0 Å². The van der Waals surface area contributed by atoms with Crippen molar-refractivity contribution in [2.24, 2.45) is 5.41 Å². The van der Waals surface area contributed by atoms with Crippen LogP contribution in [0.4, 0.5) is 0 Å². The van der Waals surface area contributed by atoms with Crippen LogP contribution >= 0.6 is 0 Å². The van der Waals surface area contributed by atoms with Gasteiger partial charge in [0.1, 0.15) is 5.75 Å². The Bertz CT molecular complexity index is 524. The molecular weight excluding hydrogens is 244 g/mol. The van der Waals surface area contributed by atoms with Crippen molar-refractivity contribution >= 4 is 5.91 Å². The Morgan fingerprint density at radius 1 is 1.32 bits per heavy atom. The quantitative estimate of drug-likeness (QED) is 0.782. The summed E-state index contributed by atoms with van der Waals surface area (Å²) >= 11 is 0. The summed E-state index contributed by atoms with van der Waals surface area (Å²) in [7, 11) is 0. The van der Waals surface area contributed by atoms with Gasteiger partial charge >= 0.3 is 0 Å². The van der Waals surface area contributed by atoms with Gasteiger partial charge in [0.2, 0.25) is 0 Å². The molecule has 0 unspecified atom stereocenters. The standard InChI is InChI=1S/C14H22N2O3/c1-13(2,3)8-14(4,5)16-12(19)9-7-15-11(18)6-10(9)17/h6-7H,8H2,1-5H3,(H,16,19)(H2,15,17,18).